The number of ketones is 1. The number of aromatic nitrogens is 1. The quantitative estimate of drug-likeness (QED) is 0.0167. The number of halogens is 20. The number of carbonyl (C=O) groups is 2. The van der Waals surface area contributed by atoms with Crippen LogP contribution in [-0.4, -0.2) is 17.9 Å². The van der Waals surface area contributed by atoms with E-state index in [-0.39, 0.29) is 12.3 Å². The number of esters is 1. The zero-order chi connectivity index (χ0) is 61.4. The Morgan fingerprint density at radius 2 is 0.671 bits per heavy atom. The number of pyridine rings is 1. The van der Waals surface area contributed by atoms with Gasteiger partial charge in [0.05, 0.1) is 0 Å². The number of Topliss-reactive ketones (excluding diaryl/α,β-unsaturated/α-hetero) is 1. The van der Waals surface area contributed by atoms with E-state index in [1.165, 1.54) is 0 Å². The van der Waals surface area contributed by atoms with Gasteiger partial charge in [0, 0.05) is 33.9 Å². The van der Waals surface area contributed by atoms with Crippen LogP contribution in [0.4, 0.5) is 87.8 Å². The highest BCUT2D eigenvalue weighted by molar-refractivity contribution is 7.20. The molecule has 0 unspecified atom stereocenters. The first kappa shape index (κ1) is 58.4. The van der Waals surface area contributed by atoms with Crippen molar-refractivity contribution in [1.82, 2.24) is 0 Å². The van der Waals surface area contributed by atoms with Crippen molar-refractivity contribution < 1.29 is 107 Å². The van der Waals surface area contributed by atoms with E-state index < -0.39 is 150 Å². The molecule has 430 valence electrons. The SMILES string of the molecule is Fc1c(F)c(F)c([B-](c2c(F)c(F)c(F)c(F)c2F)(c2c(F)c(F)c(F)c(F)c2F)c2c(F)c(F)c(F)c(F)c2F)c(F)c1F.O=C(C[n+]1c(C(=O)Oc2c3ccccc3cc3cc4ccccc4cc23)ccc2ccccc21)c1ccccc1. The van der Waals surface area contributed by atoms with Gasteiger partial charge < -0.3 is 4.74 Å². The summed E-state index contributed by atoms with van der Waals surface area (Å²) < 4.78 is 302. The van der Waals surface area contributed by atoms with Gasteiger partial charge in [0.15, 0.2) is 69.8 Å². The summed E-state index contributed by atoms with van der Waals surface area (Å²) in [6.45, 7) is 0.0106. The van der Waals surface area contributed by atoms with Crippen LogP contribution in [0, 0.1) is 116 Å². The summed E-state index contributed by atoms with van der Waals surface area (Å²) in [6.07, 6.45) is -7.22. The van der Waals surface area contributed by atoms with Crippen molar-refractivity contribution >= 4 is 83.0 Å². The molecule has 0 atom stereocenters. The summed E-state index contributed by atoms with van der Waals surface area (Å²) in [7, 11) is 0. The molecular formula is C60H24BF20NO3. The van der Waals surface area contributed by atoms with Crippen LogP contribution in [0.1, 0.15) is 20.8 Å². The van der Waals surface area contributed by atoms with E-state index in [1.54, 1.807) is 22.8 Å². The molecule has 11 rings (SSSR count). The molecule has 25 heteroatoms. The van der Waals surface area contributed by atoms with Crippen LogP contribution in [0.5, 0.6) is 5.75 Å². The molecule has 0 aliphatic carbocycles. The molecule has 0 saturated heterocycles. The van der Waals surface area contributed by atoms with Crippen LogP contribution in [0.3, 0.4) is 0 Å². The van der Waals surface area contributed by atoms with Crippen molar-refractivity contribution in [2.24, 2.45) is 0 Å². The molecule has 11 aromatic rings. The van der Waals surface area contributed by atoms with Crippen molar-refractivity contribution in [1.29, 1.82) is 0 Å². The lowest BCUT2D eigenvalue weighted by Gasteiger charge is -2.44. The van der Waals surface area contributed by atoms with E-state index in [9.17, 15) is 62.3 Å². The Morgan fingerprint density at radius 1 is 0.329 bits per heavy atom. The number of rotatable bonds is 9. The van der Waals surface area contributed by atoms with E-state index in [4.69, 9.17) is 4.74 Å². The molecule has 0 fully saturated rings. The largest absolute Gasteiger partial charge is 0.417 e. The Bertz CT molecular complexity index is 4270. The molecule has 0 spiro atoms. The van der Waals surface area contributed by atoms with E-state index in [0.717, 1.165) is 43.2 Å². The first-order valence-electron chi connectivity index (χ1n) is 24.2. The Balaban J connectivity index is 0.000000190. The van der Waals surface area contributed by atoms with Crippen molar-refractivity contribution in [3.05, 3.63) is 261 Å². The van der Waals surface area contributed by atoms with Crippen LogP contribution in [0.2, 0.25) is 0 Å². The third kappa shape index (κ3) is 9.27. The fraction of sp³-hybridized carbons (Fsp3) is 0.0167. The van der Waals surface area contributed by atoms with Gasteiger partial charge in [0.2, 0.25) is 17.8 Å². The Kier molecular flexibility index (Phi) is 15.2. The molecule has 0 bridgehead atoms. The lowest BCUT2D eigenvalue weighted by molar-refractivity contribution is -0.659. The lowest BCUT2D eigenvalue weighted by atomic mass is 9.12. The molecule has 10 aromatic carbocycles. The van der Waals surface area contributed by atoms with E-state index >= 15 is 35.1 Å². The van der Waals surface area contributed by atoms with Gasteiger partial charge in [-0.3, -0.25) is 4.79 Å². The molecule has 0 aliphatic heterocycles. The first-order chi connectivity index (χ1) is 40.4. The maximum Gasteiger partial charge on any atom is 0.409 e. The predicted molar refractivity (Wildman–Crippen MR) is 268 cm³/mol. The normalized spacial score (nSPS) is 11.7. The maximum atomic E-state index is 15.4. The lowest BCUT2D eigenvalue weighted by Crippen LogP contribution is -2.81. The monoisotopic (exact) mass is 1200 g/mol. The van der Waals surface area contributed by atoms with Crippen LogP contribution in [-0.2, 0) is 6.54 Å². The summed E-state index contributed by atoms with van der Waals surface area (Å²) in [5.41, 5.74) is -12.6. The Hall–Kier alpha value is -9.81. The second kappa shape index (κ2) is 22.1. The molecule has 1 heterocycles. The van der Waals surface area contributed by atoms with Gasteiger partial charge in [0.25, 0.3) is 5.69 Å². The molecule has 0 amide bonds. The number of benzene rings is 10. The van der Waals surface area contributed by atoms with Gasteiger partial charge >= 0.3 is 5.97 Å². The second-order valence-electron chi connectivity index (χ2n) is 18.7. The van der Waals surface area contributed by atoms with Gasteiger partial charge in [-0.2, -0.15) is 4.57 Å². The Morgan fingerprint density at radius 3 is 1.11 bits per heavy atom. The number of fused-ring (bicyclic) bond motifs is 4. The molecule has 0 N–H and O–H groups in total. The molecule has 0 radical (unpaired) electrons. The first-order valence-corrected chi connectivity index (χ1v) is 24.2. The maximum absolute atomic E-state index is 15.4. The third-order valence-electron chi connectivity index (χ3n) is 14.1. The van der Waals surface area contributed by atoms with Crippen molar-refractivity contribution in [3.8, 4) is 5.75 Å². The summed E-state index contributed by atoms with van der Waals surface area (Å²) in [4.78, 5) is 27.3. The van der Waals surface area contributed by atoms with Gasteiger partial charge in [-0.15, -0.1) is 21.9 Å². The fourth-order valence-electron chi connectivity index (χ4n) is 10.3. The van der Waals surface area contributed by atoms with Crippen molar-refractivity contribution in [2.75, 3.05) is 0 Å². The van der Waals surface area contributed by atoms with E-state index in [2.05, 4.69) is 30.3 Å². The summed E-state index contributed by atoms with van der Waals surface area (Å²) in [5.74, 6) is -71.5. The van der Waals surface area contributed by atoms with Crippen LogP contribution in [0.15, 0.2) is 133 Å². The summed E-state index contributed by atoms with van der Waals surface area (Å²) in [6, 6.07) is 42.9. The third-order valence-corrected chi connectivity index (χ3v) is 14.1. The van der Waals surface area contributed by atoms with Crippen molar-refractivity contribution in [2.45, 2.75) is 6.54 Å². The molecule has 85 heavy (non-hydrogen) atoms. The fourth-order valence-corrected chi connectivity index (χ4v) is 10.3. The number of carbonyl (C=O) groups excluding carboxylic acids is 2. The molecular weight excluding hydrogens is 1170 g/mol. The van der Waals surface area contributed by atoms with Gasteiger partial charge in [0.1, 0.15) is 58.4 Å². The number of hydrogen-bond acceptors (Lipinski definition) is 3. The number of ether oxygens (including phenoxy) is 1. The molecule has 1 aromatic heterocycles. The number of nitrogens with zero attached hydrogens (tertiary/aromatic N) is 1. The van der Waals surface area contributed by atoms with Crippen LogP contribution in [0.25, 0.3) is 43.2 Å². The minimum Gasteiger partial charge on any atom is -0.417 e. The number of hydrogen-bond donors (Lipinski definition) is 0. The average Bonchev–Trinajstić information content (AvgIpc) is 0.758. The van der Waals surface area contributed by atoms with Crippen LogP contribution >= 0.6 is 0 Å². The van der Waals surface area contributed by atoms with Gasteiger partial charge in [-0.1, -0.05) is 91.0 Å². The molecule has 0 aliphatic rings. The minimum atomic E-state index is -7.22. The van der Waals surface area contributed by atoms with Gasteiger partial charge in [-0.05, 0) is 51.9 Å². The molecule has 4 nitrogen and oxygen atoms in total. The smallest absolute Gasteiger partial charge is 0.409 e. The van der Waals surface area contributed by atoms with E-state index in [0.29, 0.717) is 17.0 Å². The van der Waals surface area contributed by atoms with Crippen molar-refractivity contribution in [3.63, 3.8) is 0 Å². The second-order valence-corrected chi connectivity index (χ2v) is 18.7. The van der Waals surface area contributed by atoms with E-state index in [1.807, 2.05) is 84.9 Å². The zero-order valence-corrected chi connectivity index (χ0v) is 41.7. The topological polar surface area (TPSA) is 47.2 Å². The standard InChI is InChI=1S/C36H24NO3.C24BF20/c38-34(25-11-2-1-3-12-25)23-37-32-17-9-7-10-24(32)18-19-33(37)36(39)40-35-30-16-8-6-15-28(30)21-29-20-26-13-4-5-14-27(26)22-31(29)35;26-5-1(6(27)14(35)21(42)13(5)34)25(2-7(28)15(36)22(43)16(37)8(2)29,3-9(30)17(38)23(44)18(39)10(3)31)4-11(32)19(40)24(45)20(41)12(4)33/h1-22H,23H2;/q+1;-1. The highest BCUT2D eigenvalue weighted by Gasteiger charge is 2.52. The predicted octanol–water partition coefficient (Wildman–Crippen LogP) is 13.5. The summed E-state index contributed by atoms with van der Waals surface area (Å²) in [5, 5.41) is 6.81. The van der Waals surface area contributed by atoms with Gasteiger partial charge in [-0.25, -0.2) is 92.6 Å². The molecule has 0 saturated carbocycles. The minimum absolute atomic E-state index is 0.0106. The summed E-state index contributed by atoms with van der Waals surface area (Å²) >= 11 is 0. The number of para-hydroxylation sites is 1. The van der Waals surface area contributed by atoms with Crippen LogP contribution < -0.4 is 31.2 Å². The highest BCUT2D eigenvalue weighted by Crippen LogP contribution is 2.38. The zero-order valence-electron chi connectivity index (χ0n) is 41.7. The average molecular weight is 1200 g/mol. The highest BCUT2D eigenvalue weighted by atomic mass is 19.2. The Labute approximate surface area is 461 Å².